The van der Waals surface area contributed by atoms with Gasteiger partial charge in [-0.25, -0.2) is 8.42 Å². The largest absolute Gasteiger partial charge is 0.496 e. The predicted octanol–water partition coefficient (Wildman–Crippen LogP) is 3.43. The molecule has 2 aromatic carbocycles. The Morgan fingerprint density at radius 2 is 1.39 bits per heavy atom. The van der Waals surface area contributed by atoms with Crippen molar-refractivity contribution in [2.24, 2.45) is 0 Å². The second kappa shape index (κ2) is 6.50. The standard InChI is InChI=1S/C17H21NO4S/c1-11-6-12(2)8-14(7-11)18-23(19,20)17-10-15(21-4)13(3)9-16(17)22-5/h6-10,18H,1-5H3. The molecule has 0 amide bonds. The summed E-state index contributed by atoms with van der Waals surface area (Å²) >= 11 is 0. The van der Waals surface area contributed by atoms with Crippen LogP contribution in [-0.4, -0.2) is 22.6 Å². The van der Waals surface area contributed by atoms with Crippen LogP contribution in [0.3, 0.4) is 0 Å². The Balaban J connectivity index is 2.50. The molecule has 0 aliphatic heterocycles. The van der Waals surface area contributed by atoms with E-state index in [0.29, 0.717) is 11.4 Å². The second-order valence-corrected chi connectivity index (χ2v) is 7.11. The molecule has 5 nitrogen and oxygen atoms in total. The summed E-state index contributed by atoms with van der Waals surface area (Å²) in [6.45, 7) is 5.66. The molecule has 1 N–H and O–H groups in total. The quantitative estimate of drug-likeness (QED) is 0.909. The van der Waals surface area contributed by atoms with E-state index in [1.54, 1.807) is 18.2 Å². The first-order valence-corrected chi connectivity index (χ1v) is 8.59. The third-order valence-electron chi connectivity index (χ3n) is 3.44. The summed E-state index contributed by atoms with van der Waals surface area (Å²) < 4.78 is 38.5. The van der Waals surface area contributed by atoms with E-state index < -0.39 is 10.0 Å². The molecule has 0 saturated carbocycles. The molecule has 0 heterocycles. The van der Waals surface area contributed by atoms with Gasteiger partial charge in [0.05, 0.1) is 14.2 Å². The molecule has 0 fully saturated rings. The van der Waals surface area contributed by atoms with Crippen LogP contribution < -0.4 is 14.2 Å². The van der Waals surface area contributed by atoms with Crippen molar-refractivity contribution in [3.8, 4) is 11.5 Å². The zero-order valence-electron chi connectivity index (χ0n) is 13.9. The smallest absolute Gasteiger partial charge is 0.265 e. The van der Waals surface area contributed by atoms with E-state index in [1.165, 1.54) is 20.3 Å². The average molecular weight is 335 g/mol. The molecule has 0 aromatic heterocycles. The number of sulfonamides is 1. The van der Waals surface area contributed by atoms with Crippen LogP contribution in [0.2, 0.25) is 0 Å². The molecule has 0 aliphatic carbocycles. The van der Waals surface area contributed by atoms with Crippen molar-refractivity contribution in [3.63, 3.8) is 0 Å². The lowest BCUT2D eigenvalue weighted by molar-refractivity contribution is 0.390. The summed E-state index contributed by atoms with van der Waals surface area (Å²) in [7, 11) is -0.850. The highest BCUT2D eigenvalue weighted by Crippen LogP contribution is 2.32. The zero-order chi connectivity index (χ0) is 17.2. The number of rotatable bonds is 5. The molecule has 0 bridgehead atoms. The van der Waals surface area contributed by atoms with Gasteiger partial charge >= 0.3 is 0 Å². The summed E-state index contributed by atoms with van der Waals surface area (Å²) in [5.41, 5.74) is 3.28. The molecular formula is C17H21NO4S. The average Bonchev–Trinajstić information content (AvgIpc) is 2.44. The molecule has 0 unspecified atom stereocenters. The molecule has 0 aliphatic rings. The normalized spacial score (nSPS) is 11.2. The van der Waals surface area contributed by atoms with Crippen LogP contribution in [0.1, 0.15) is 16.7 Å². The fraction of sp³-hybridized carbons (Fsp3) is 0.294. The minimum Gasteiger partial charge on any atom is -0.496 e. The fourth-order valence-electron chi connectivity index (χ4n) is 2.48. The van der Waals surface area contributed by atoms with Gasteiger partial charge in [-0.15, -0.1) is 0 Å². The van der Waals surface area contributed by atoms with E-state index in [0.717, 1.165) is 16.7 Å². The number of anilines is 1. The molecule has 23 heavy (non-hydrogen) atoms. The molecular weight excluding hydrogens is 314 g/mol. The Bertz CT molecular complexity index is 808. The van der Waals surface area contributed by atoms with Crippen molar-refractivity contribution in [2.75, 3.05) is 18.9 Å². The van der Waals surface area contributed by atoms with Crippen molar-refractivity contribution in [1.82, 2.24) is 0 Å². The zero-order valence-corrected chi connectivity index (χ0v) is 14.7. The molecule has 0 spiro atoms. The minimum atomic E-state index is -3.79. The maximum absolute atomic E-state index is 12.7. The first kappa shape index (κ1) is 17.1. The van der Waals surface area contributed by atoms with Crippen molar-refractivity contribution < 1.29 is 17.9 Å². The van der Waals surface area contributed by atoms with Crippen molar-refractivity contribution in [2.45, 2.75) is 25.7 Å². The van der Waals surface area contributed by atoms with Crippen LogP contribution in [0.5, 0.6) is 11.5 Å². The Kier molecular flexibility index (Phi) is 4.85. The van der Waals surface area contributed by atoms with Gasteiger partial charge < -0.3 is 9.47 Å². The van der Waals surface area contributed by atoms with Crippen molar-refractivity contribution in [3.05, 3.63) is 47.0 Å². The summed E-state index contributed by atoms with van der Waals surface area (Å²) in [5.74, 6) is 0.770. The van der Waals surface area contributed by atoms with E-state index in [4.69, 9.17) is 9.47 Å². The van der Waals surface area contributed by atoms with Crippen LogP contribution >= 0.6 is 0 Å². The highest BCUT2D eigenvalue weighted by atomic mass is 32.2. The van der Waals surface area contributed by atoms with Crippen LogP contribution in [0.15, 0.2) is 35.2 Å². The summed E-state index contributed by atoms with van der Waals surface area (Å²) in [6.07, 6.45) is 0. The van der Waals surface area contributed by atoms with Crippen LogP contribution in [0.25, 0.3) is 0 Å². The number of benzene rings is 2. The molecule has 0 radical (unpaired) electrons. The third kappa shape index (κ3) is 3.76. The minimum absolute atomic E-state index is 0.0432. The van der Waals surface area contributed by atoms with Gasteiger partial charge in [0.25, 0.3) is 10.0 Å². The van der Waals surface area contributed by atoms with Gasteiger partial charge in [-0.05, 0) is 55.7 Å². The molecule has 2 rings (SSSR count). The monoisotopic (exact) mass is 335 g/mol. The lowest BCUT2D eigenvalue weighted by Gasteiger charge is -2.15. The number of hydrogen-bond acceptors (Lipinski definition) is 4. The summed E-state index contributed by atoms with van der Waals surface area (Å²) in [4.78, 5) is 0.0432. The Hall–Kier alpha value is -2.21. The molecule has 0 atom stereocenters. The SMILES string of the molecule is COc1cc(S(=O)(=O)Nc2cc(C)cc(C)c2)c(OC)cc1C. The lowest BCUT2D eigenvalue weighted by Crippen LogP contribution is -2.14. The Labute approximate surface area is 137 Å². The number of methoxy groups -OCH3 is 2. The van der Waals surface area contributed by atoms with Crippen molar-refractivity contribution >= 4 is 15.7 Å². The maximum Gasteiger partial charge on any atom is 0.265 e. The maximum atomic E-state index is 12.7. The number of ether oxygens (including phenoxy) is 2. The first-order chi connectivity index (χ1) is 10.8. The van der Waals surface area contributed by atoms with Gasteiger partial charge in [0, 0.05) is 11.8 Å². The Morgan fingerprint density at radius 1 is 0.826 bits per heavy atom. The van der Waals surface area contributed by atoms with Gasteiger partial charge in [0.15, 0.2) is 0 Å². The molecule has 6 heteroatoms. The van der Waals surface area contributed by atoms with Gasteiger partial charge in [0.1, 0.15) is 16.4 Å². The van der Waals surface area contributed by atoms with Crippen LogP contribution in [0, 0.1) is 20.8 Å². The van der Waals surface area contributed by atoms with Crippen molar-refractivity contribution in [1.29, 1.82) is 0 Å². The highest BCUT2D eigenvalue weighted by molar-refractivity contribution is 7.92. The van der Waals surface area contributed by atoms with E-state index >= 15 is 0 Å². The summed E-state index contributed by atoms with van der Waals surface area (Å²) in [6, 6.07) is 8.66. The second-order valence-electron chi connectivity index (χ2n) is 5.45. The highest BCUT2D eigenvalue weighted by Gasteiger charge is 2.22. The van der Waals surface area contributed by atoms with Gasteiger partial charge in [0.2, 0.25) is 0 Å². The molecule has 0 saturated heterocycles. The number of nitrogens with one attached hydrogen (secondary N) is 1. The summed E-state index contributed by atoms with van der Waals surface area (Å²) in [5, 5.41) is 0. The topological polar surface area (TPSA) is 64.6 Å². The predicted molar refractivity (Wildman–Crippen MR) is 91.0 cm³/mol. The van der Waals surface area contributed by atoms with Gasteiger partial charge in [-0.3, -0.25) is 4.72 Å². The van der Waals surface area contributed by atoms with E-state index in [1.807, 2.05) is 26.8 Å². The molecule has 124 valence electrons. The first-order valence-electron chi connectivity index (χ1n) is 7.10. The van der Waals surface area contributed by atoms with Crippen LogP contribution in [-0.2, 0) is 10.0 Å². The lowest BCUT2D eigenvalue weighted by atomic mass is 10.1. The number of aryl methyl sites for hydroxylation is 3. The van der Waals surface area contributed by atoms with E-state index in [9.17, 15) is 8.42 Å². The van der Waals surface area contributed by atoms with E-state index in [2.05, 4.69) is 4.72 Å². The molecule has 2 aromatic rings. The number of hydrogen-bond donors (Lipinski definition) is 1. The van der Waals surface area contributed by atoms with Gasteiger partial charge in [-0.2, -0.15) is 0 Å². The third-order valence-corrected chi connectivity index (χ3v) is 4.85. The van der Waals surface area contributed by atoms with Gasteiger partial charge in [-0.1, -0.05) is 6.07 Å². The van der Waals surface area contributed by atoms with E-state index in [-0.39, 0.29) is 10.6 Å². The fourth-order valence-corrected chi connectivity index (χ4v) is 3.68. The Morgan fingerprint density at radius 3 is 1.91 bits per heavy atom. The van der Waals surface area contributed by atoms with Crippen LogP contribution in [0.4, 0.5) is 5.69 Å².